The van der Waals surface area contributed by atoms with Crippen molar-refractivity contribution >= 4 is 10.1 Å². The molecule has 1 fully saturated rings. The first kappa shape index (κ1) is 23.2. The molecule has 2 N–H and O–H groups in total. The van der Waals surface area contributed by atoms with Crippen molar-refractivity contribution in [1.29, 1.82) is 0 Å². The summed E-state index contributed by atoms with van der Waals surface area (Å²) in [4.78, 5) is 2.46. The second-order valence-electron chi connectivity index (χ2n) is 7.78. The molecule has 3 aromatic carbocycles. The number of benzene rings is 3. The fourth-order valence-corrected chi connectivity index (χ4v) is 4.35. The van der Waals surface area contributed by atoms with Crippen molar-refractivity contribution in [3.05, 3.63) is 108 Å². The molecule has 31 heavy (non-hydrogen) atoms. The predicted octanol–water partition coefficient (Wildman–Crippen LogP) is 3.94. The maximum absolute atomic E-state index is 10.4. The fourth-order valence-electron chi connectivity index (χ4n) is 4.35. The topological polar surface area (TPSA) is 77.8 Å². The zero-order valence-electron chi connectivity index (χ0n) is 17.6. The maximum Gasteiger partial charge on any atom is 0.261 e. The Hall–Kier alpha value is -2.51. The van der Waals surface area contributed by atoms with Crippen LogP contribution in [0.4, 0.5) is 0 Å². The van der Waals surface area contributed by atoms with E-state index in [0.717, 1.165) is 19.4 Å². The van der Waals surface area contributed by atoms with Crippen LogP contribution in [0.15, 0.2) is 91.0 Å². The van der Waals surface area contributed by atoms with Crippen molar-refractivity contribution in [3.8, 4) is 0 Å². The van der Waals surface area contributed by atoms with Crippen LogP contribution in [0, 0.1) is 0 Å². The van der Waals surface area contributed by atoms with Gasteiger partial charge < -0.3 is 5.11 Å². The van der Waals surface area contributed by atoms with Crippen LogP contribution in [0.3, 0.4) is 0 Å². The molecule has 0 saturated carbocycles. The molecule has 1 atom stereocenters. The monoisotopic (exact) mass is 439 g/mol. The third-order valence-electron chi connectivity index (χ3n) is 5.45. The van der Waals surface area contributed by atoms with Crippen LogP contribution in [0.2, 0.25) is 0 Å². The lowest BCUT2D eigenvalue weighted by Gasteiger charge is -2.48. The van der Waals surface area contributed by atoms with Crippen LogP contribution in [0.5, 0.6) is 0 Å². The molecule has 0 radical (unpaired) electrons. The first-order valence-corrected chi connectivity index (χ1v) is 12.2. The normalized spacial score (nSPS) is 17.5. The quantitative estimate of drug-likeness (QED) is 0.476. The van der Waals surface area contributed by atoms with Gasteiger partial charge in [-0.3, -0.25) is 9.45 Å². The van der Waals surface area contributed by atoms with E-state index in [0.29, 0.717) is 12.8 Å². The van der Waals surface area contributed by atoms with Gasteiger partial charge in [0.05, 0.1) is 17.9 Å². The second-order valence-corrected chi connectivity index (χ2v) is 9.25. The Morgan fingerprint density at radius 3 is 1.48 bits per heavy atom. The lowest BCUT2D eigenvalue weighted by atomic mass is 9.74. The number of aliphatic hydroxyl groups is 1. The summed E-state index contributed by atoms with van der Waals surface area (Å²) in [6.07, 6.45) is 2.33. The van der Waals surface area contributed by atoms with Crippen LogP contribution >= 0.6 is 0 Å². The third-order valence-corrected chi connectivity index (χ3v) is 5.45. The summed E-state index contributed by atoms with van der Waals surface area (Å²) < 4.78 is 25.9. The summed E-state index contributed by atoms with van der Waals surface area (Å²) in [7, 11) is -3.67. The van der Waals surface area contributed by atoms with E-state index in [4.69, 9.17) is 4.55 Å². The van der Waals surface area contributed by atoms with Crippen molar-refractivity contribution < 1.29 is 18.1 Å². The molecule has 5 nitrogen and oxygen atoms in total. The zero-order chi connectivity index (χ0) is 22.3. The molecule has 1 aliphatic heterocycles. The van der Waals surface area contributed by atoms with Gasteiger partial charge in [-0.15, -0.1) is 0 Å². The molecule has 0 aromatic heterocycles. The van der Waals surface area contributed by atoms with E-state index in [9.17, 15) is 13.5 Å². The van der Waals surface area contributed by atoms with Gasteiger partial charge in [0.15, 0.2) is 0 Å². The van der Waals surface area contributed by atoms with Gasteiger partial charge in [0.2, 0.25) is 0 Å². The van der Waals surface area contributed by atoms with Crippen molar-refractivity contribution in [2.45, 2.75) is 24.5 Å². The van der Waals surface area contributed by atoms with Crippen molar-refractivity contribution in [2.75, 3.05) is 19.3 Å². The Balaban J connectivity index is 0.000000491. The summed E-state index contributed by atoms with van der Waals surface area (Å²) in [6.45, 7) is 1.65. The van der Waals surface area contributed by atoms with Crippen molar-refractivity contribution in [1.82, 2.24) is 4.90 Å². The molecule has 164 valence electrons. The fraction of sp³-hybridized carbons (Fsp3) is 0.280. The molecular weight excluding hydrogens is 410 g/mol. The smallest absolute Gasteiger partial charge is 0.261 e. The number of nitrogens with zero attached hydrogens (tertiary/aromatic N) is 1. The summed E-state index contributed by atoms with van der Waals surface area (Å²) in [5, 5.41) is 10.4. The van der Waals surface area contributed by atoms with Gasteiger partial charge in [0, 0.05) is 6.54 Å². The molecule has 1 unspecified atom stereocenters. The highest BCUT2D eigenvalue weighted by atomic mass is 32.2. The SMILES string of the molecule is CS(=O)(=O)O.OC1CCCN(C(c2ccccc2)(c2ccccc2)c2ccccc2)C1. The van der Waals surface area contributed by atoms with Crippen molar-refractivity contribution in [2.24, 2.45) is 0 Å². The Morgan fingerprint density at radius 1 is 0.806 bits per heavy atom. The standard InChI is InChI=1S/C24H25NO.CH4O3S/c26-23-17-10-18-25(19-23)24(20-11-4-1-5-12-20,21-13-6-2-7-14-21)22-15-8-3-9-16-22;1-5(2,3)4/h1-9,11-16,23,26H,10,17-19H2;1H3,(H,2,3,4). The third kappa shape index (κ3) is 5.80. The van der Waals surface area contributed by atoms with Crippen LogP contribution in [0.1, 0.15) is 29.5 Å². The van der Waals surface area contributed by atoms with E-state index >= 15 is 0 Å². The van der Waals surface area contributed by atoms with Crippen LogP contribution < -0.4 is 0 Å². The Labute approximate surface area is 184 Å². The number of rotatable bonds is 4. The largest absolute Gasteiger partial charge is 0.392 e. The first-order valence-electron chi connectivity index (χ1n) is 10.3. The van der Waals surface area contributed by atoms with E-state index in [1.54, 1.807) is 0 Å². The molecular formula is C25H29NO4S. The average molecular weight is 440 g/mol. The van der Waals surface area contributed by atoms with Gasteiger partial charge in [0.1, 0.15) is 0 Å². The van der Waals surface area contributed by atoms with E-state index in [1.807, 2.05) is 0 Å². The van der Waals surface area contributed by atoms with Gasteiger partial charge in [0.25, 0.3) is 10.1 Å². The Morgan fingerprint density at radius 2 is 1.16 bits per heavy atom. The zero-order valence-corrected chi connectivity index (χ0v) is 18.4. The minimum atomic E-state index is -3.67. The van der Waals surface area contributed by atoms with Gasteiger partial charge in [-0.1, -0.05) is 91.0 Å². The minimum absolute atomic E-state index is 0.278. The highest BCUT2D eigenvalue weighted by Crippen LogP contribution is 2.43. The van der Waals surface area contributed by atoms with Gasteiger partial charge in [-0.25, -0.2) is 0 Å². The number of hydrogen-bond donors (Lipinski definition) is 2. The molecule has 0 aliphatic carbocycles. The number of β-amino-alcohol motifs (C(OH)–C–C–N with tert-alkyl or cyclic N) is 1. The molecule has 0 spiro atoms. The first-order chi connectivity index (χ1) is 14.8. The maximum atomic E-state index is 10.4. The molecule has 0 bridgehead atoms. The number of hydrogen-bond acceptors (Lipinski definition) is 4. The Bertz CT molecular complexity index is 936. The van der Waals surface area contributed by atoms with Crippen LogP contribution in [-0.2, 0) is 15.7 Å². The van der Waals surface area contributed by atoms with E-state index in [2.05, 4.69) is 95.9 Å². The van der Waals surface area contributed by atoms with E-state index < -0.39 is 15.7 Å². The van der Waals surface area contributed by atoms with Gasteiger partial charge >= 0.3 is 0 Å². The molecule has 6 heteroatoms. The van der Waals surface area contributed by atoms with Crippen molar-refractivity contribution in [3.63, 3.8) is 0 Å². The Kier molecular flexibility index (Phi) is 7.62. The summed E-state index contributed by atoms with van der Waals surface area (Å²) in [5.74, 6) is 0. The lowest BCUT2D eigenvalue weighted by Crippen LogP contribution is -2.53. The summed E-state index contributed by atoms with van der Waals surface area (Å²) in [6, 6.07) is 32.1. The molecule has 1 saturated heterocycles. The summed E-state index contributed by atoms with van der Waals surface area (Å²) in [5.41, 5.74) is 3.33. The molecule has 0 amide bonds. The summed E-state index contributed by atoms with van der Waals surface area (Å²) >= 11 is 0. The number of aliphatic hydroxyl groups excluding tert-OH is 1. The highest BCUT2D eigenvalue weighted by molar-refractivity contribution is 7.85. The average Bonchev–Trinajstić information content (AvgIpc) is 2.76. The van der Waals surface area contributed by atoms with E-state index in [1.165, 1.54) is 16.7 Å². The molecule has 1 aliphatic rings. The van der Waals surface area contributed by atoms with Crippen LogP contribution in [0.25, 0.3) is 0 Å². The number of likely N-dealkylation sites (tertiary alicyclic amines) is 1. The minimum Gasteiger partial charge on any atom is -0.392 e. The molecule has 4 rings (SSSR count). The molecule has 1 heterocycles. The van der Waals surface area contributed by atoms with Gasteiger partial charge in [-0.05, 0) is 36.1 Å². The second kappa shape index (κ2) is 10.2. The van der Waals surface area contributed by atoms with E-state index in [-0.39, 0.29) is 6.10 Å². The molecule has 3 aromatic rings. The highest BCUT2D eigenvalue weighted by Gasteiger charge is 2.43. The predicted molar refractivity (Wildman–Crippen MR) is 123 cm³/mol. The van der Waals surface area contributed by atoms with Gasteiger partial charge in [-0.2, -0.15) is 8.42 Å². The number of piperidine rings is 1. The van der Waals surface area contributed by atoms with Crippen LogP contribution in [-0.4, -0.2) is 48.4 Å². The lowest BCUT2D eigenvalue weighted by molar-refractivity contribution is 0.0299.